The first-order chi connectivity index (χ1) is 14.3. The number of ether oxygens (including phenoxy) is 1. The Morgan fingerprint density at radius 3 is 2.03 bits per heavy atom. The minimum Gasteiger partial charge on any atom is -0.508 e. The standard InChI is InChI=1S/C22H16F3NO4/c1-12(21(28)26-18-11-10-17(23)19(24)20(18)25)30-22(29)15-4-2-13(3-5-15)14-6-8-16(27)9-7-14/h2-12,27H,1H3,(H,26,28)/t12-/m0/s1. The lowest BCUT2D eigenvalue weighted by Gasteiger charge is -2.14. The minimum atomic E-state index is -1.72. The normalized spacial score (nSPS) is 11.6. The molecule has 0 saturated heterocycles. The van der Waals surface area contributed by atoms with Crippen molar-refractivity contribution in [2.24, 2.45) is 0 Å². The van der Waals surface area contributed by atoms with Gasteiger partial charge in [0.15, 0.2) is 23.6 Å². The predicted octanol–water partition coefficient (Wildman–Crippen LogP) is 4.66. The summed E-state index contributed by atoms with van der Waals surface area (Å²) in [5, 5.41) is 11.4. The Kier molecular flexibility index (Phi) is 6.06. The molecule has 0 aliphatic carbocycles. The molecule has 3 rings (SSSR count). The summed E-state index contributed by atoms with van der Waals surface area (Å²) in [4.78, 5) is 24.4. The number of hydrogen-bond acceptors (Lipinski definition) is 4. The van der Waals surface area contributed by atoms with Crippen LogP contribution in [0.2, 0.25) is 0 Å². The second-order valence-electron chi connectivity index (χ2n) is 6.38. The van der Waals surface area contributed by atoms with E-state index in [-0.39, 0.29) is 11.3 Å². The van der Waals surface area contributed by atoms with E-state index in [4.69, 9.17) is 4.74 Å². The van der Waals surface area contributed by atoms with Crippen molar-refractivity contribution in [2.45, 2.75) is 13.0 Å². The molecule has 0 bridgehead atoms. The lowest BCUT2D eigenvalue weighted by atomic mass is 10.0. The molecule has 0 fully saturated rings. The summed E-state index contributed by atoms with van der Waals surface area (Å²) < 4.78 is 44.9. The van der Waals surface area contributed by atoms with Gasteiger partial charge in [-0.25, -0.2) is 18.0 Å². The third-order valence-corrected chi connectivity index (χ3v) is 4.27. The van der Waals surface area contributed by atoms with Crippen LogP contribution in [0.3, 0.4) is 0 Å². The number of esters is 1. The van der Waals surface area contributed by atoms with Crippen molar-refractivity contribution in [1.82, 2.24) is 0 Å². The van der Waals surface area contributed by atoms with Crippen molar-refractivity contribution in [1.29, 1.82) is 0 Å². The van der Waals surface area contributed by atoms with E-state index in [0.29, 0.717) is 6.07 Å². The third kappa shape index (κ3) is 4.60. The van der Waals surface area contributed by atoms with Crippen molar-refractivity contribution >= 4 is 17.6 Å². The van der Waals surface area contributed by atoms with Crippen LogP contribution < -0.4 is 5.32 Å². The van der Waals surface area contributed by atoms with E-state index >= 15 is 0 Å². The lowest BCUT2D eigenvalue weighted by Crippen LogP contribution is -2.30. The van der Waals surface area contributed by atoms with Gasteiger partial charge in [-0.15, -0.1) is 0 Å². The summed E-state index contributed by atoms with van der Waals surface area (Å²) in [5.74, 6) is -6.22. The number of carbonyl (C=O) groups excluding carboxylic acids is 2. The zero-order valence-electron chi connectivity index (χ0n) is 15.7. The third-order valence-electron chi connectivity index (χ3n) is 4.27. The molecule has 1 amide bonds. The van der Waals surface area contributed by atoms with Crippen molar-refractivity contribution in [3.63, 3.8) is 0 Å². The number of amides is 1. The predicted molar refractivity (Wildman–Crippen MR) is 103 cm³/mol. The molecule has 2 N–H and O–H groups in total. The molecule has 1 atom stereocenters. The summed E-state index contributed by atoms with van der Waals surface area (Å²) in [7, 11) is 0. The molecule has 30 heavy (non-hydrogen) atoms. The zero-order valence-corrected chi connectivity index (χ0v) is 15.7. The number of anilines is 1. The minimum absolute atomic E-state index is 0.134. The molecule has 0 radical (unpaired) electrons. The highest BCUT2D eigenvalue weighted by Crippen LogP contribution is 2.23. The molecule has 0 saturated carbocycles. The van der Waals surface area contributed by atoms with Crippen LogP contribution in [0.4, 0.5) is 18.9 Å². The number of nitrogens with one attached hydrogen (secondary N) is 1. The summed E-state index contributed by atoms with van der Waals surface area (Å²) in [6.45, 7) is 1.26. The maximum absolute atomic E-state index is 13.7. The average molecular weight is 415 g/mol. The van der Waals surface area contributed by atoms with Gasteiger partial charge < -0.3 is 15.2 Å². The Balaban J connectivity index is 1.64. The Morgan fingerprint density at radius 2 is 1.43 bits per heavy atom. The Hall–Kier alpha value is -3.81. The topological polar surface area (TPSA) is 75.6 Å². The SMILES string of the molecule is C[C@H](OC(=O)c1ccc(-c2ccc(O)cc2)cc1)C(=O)Nc1ccc(F)c(F)c1F. The summed E-state index contributed by atoms with van der Waals surface area (Å²) in [6.07, 6.45) is -1.32. The maximum Gasteiger partial charge on any atom is 0.338 e. The number of phenolic OH excluding ortho intramolecular Hbond substituents is 1. The molecule has 8 heteroatoms. The Morgan fingerprint density at radius 1 is 0.867 bits per heavy atom. The number of carbonyl (C=O) groups is 2. The van der Waals surface area contributed by atoms with Crippen LogP contribution in [0.1, 0.15) is 17.3 Å². The first kappa shape index (κ1) is 20.9. The van der Waals surface area contributed by atoms with Crippen LogP contribution in [-0.4, -0.2) is 23.1 Å². The van der Waals surface area contributed by atoms with Crippen LogP contribution in [-0.2, 0) is 9.53 Å². The molecule has 0 aliphatic rings. The maximum atomic E-state index is 13.7. The van der Waals surface area contributed by atoms with Crippen LogP contribution in [0.25, 0.3) is 11.1 Å². The molecular formula is C22H16F3NO4. The van der Waals surface area contributed by atoms with Gasteiger partial charge in [-0.3, -0.25) is 4.79 Å². The van der Waals surface area contributed by atoms with Gasteiger partial charge in [0.2, 0.25) is 0 Å². The van der Waals surface area contributed by atoms with E-state index in [1.165, 1.54) is 31.2 Å². The molecule has 0 aliphatic heterocycles. The van der Waals surface area contributed by atoms with E-state index in [1.54, 1.807) is 24.3 Å². The monoisotopic (exact) mass is 415 g/mol. The highest BCUT2D eigenvalue weighted by atomic mass is 19.2. The van der Waals surface area contributed by atoms with E-state index in [0.717, 1.165) is 17.2 Å². The number of phenols is 1. The smallest absolute Gasteiger partial charge is 0.338 e. The lowest BCUT2D eigenvalue weighted by molar-refractivity contribution is -0.123. The van der Waals surface area contributed by atoms with Gasteiger partial charge in [0.25, 0.3) is 5.91 Å². The van der Waals surface area contributed by atoms with Crippen LogP contribution in [0.5, 0.6) is 5.75 Å². The molecule has 0 unspecified atom stereocenters. The van der Waals surface area contributed by atoms with Crippen LogP contribution in [0.15, 0.2) is 60.7 Å². The van der Waals surface area contributed by atoms with Crippen LogP contribution in [0, 0.1) is 17.5 Å². The van der Waals surface area contributed by atoms with Crippen LogP contribution >= 0.6 is 0 Å². The largest absolute Gasteiger partial charge is 0.508 e. The fourth-order valence-electron chi connectivity index (χ4n) is 2.59. The summed E-state index contributed by atoms with van der Waals surface area (Å²) in [5.41, 5.74) is 1.23. The van der Waals surface area contributed by atoms with Gasteiger partial charge in [0.1, 0.15) is 5.75 Å². The number of hydrogen-bond donors (Lipinski definition) is 2. The van der Waals surface area contributed by atoms with Gasteiger partial charge in [0.05, 0.1) is 11.3 Å². The van der Waals surface area contributed by atoms with E-state index in [2.05, 4.69) is 5.32 Å². The second kappa shape index (κ2) is 8.69. The molecule has 154 valence electrons. The second-order valence-corrected chi connectivity index (χ2v) is 6.38. The van der Waals surface area contributed by atoms with E-state index in [9.17, 15) is 27.9 Å². The average Bonchev–Trinajstić information content (AvgIpc) is 2.74. The van der Waals surface area contributed by atoms with Gasteiger partial charge >= 0.3 is 5.97 Å². The van der Waals surface area contributed by atoms with Crippen molar-refractivity contribution in [3.8, 4) is 16.9 Å². The number of rotatable bonds is 5. The Bertz CT molecular complexity index is 1080. The summed E-state index contributed by atoms with van der Waals surface area (Å²) in [6, 6.07) is 14.4. The van der Waals surface area contributed by atoms with Gasteiger partial charge in [-0.05, 0) is 54.4 Å². The molecular weight excluding hydrogens is 399 g/mol. The molecule has 0 spiro atoms. The fraction of sp³-hybridized carbons (Fsp3) is 0.0909. The molecule has 3 aromatic rings. The Labute approximate surface area is 169 Å². The fourth-order valence-corrected chi connectivity index (χ4v) is 2.59. The molecule has 0 aromatic heterocycles. The number of benzene rings is 3. The molecule has 3 aromatic carbocycles. The number of aromatic hydroxyl groups is 1. The van der Waals surface area contributed by atoms with E-state index < -0.39 is 41.1 Å². The molecule has 5 nitrogen and oxygen atoms in total. The first-order valence-corrected chi connectivity index (χ1v) is 8.81. The quantitative estimate of drug-likeness (QED) is 0.470. The van der Waals surface area contributed by atoms with Crippen molar-refractivity contribution in [2.75, 3.05) is 5.32 Å². The summed E-state index contributed by atoms with van der Waals surface area (Å²) >= 11 is 0. The zero-order chi connectivity index (χ0) is 21.8. The highest BCUT2D eigenvalue weighted by Gasteiger charge is 2.22. The van der Waals surface area contributed by atoms with Crippen molar-refractivity contribution in [3.05, 3.63) is 83.7 Å². The van der Waals surface area contributed by atoms with Crippen molar-refractivity contribution < 1.29 is 32.6 Å². The van der Waals surface area contributed by atoms with Gasteiger partial charge in [-0.1, -0.05) is 24.3 Å². The number of halogens is 3. The van der Waals surface area contributed by atoms with Gasteiger partial charge in [0, 0.05) is 0 Å². The highest BCUT2D eigenvalue weighted by molar-refractivity contribution is 5.97. The van der Waals surface area contributed by atoms with Gasteiger partial charge in [-0.2, -0.15) is 0 Å². The van der Waals surface area contributed by atoms with E-state index in [1.807, 2.05) is 0 Å². The molecule has 0 heterocycles. The first-order valence-electron chi connectivity index (χ1n) is 8.81.